The molecular formula is C24H21NO. The molecule has 0 saturated heterocycles. The lowest BCUT2D eigenvalue weighted by molar-refractivity contribution is -0.112. The zero-order valence-electron chi connectivity index (χ0n) is 14.7. The molecule has 0 radical (unpaired) electrons. The summed E-state index contributed by atoms with van der Waals surface area (Å²) in [5.74, 6) is -0.135. The molecule has 1 N–H and O–H groups in total. The van der Waals surface area contributed by atoms with E-state index in [2.05, 4.69) is 11.4 Å². The van der Waals surface area contributed by atoms with E-state index in [0.717, 1.165) is 22.0 Å². The summed E-state index contributed by atoms with van der Waals surface area (Å²) in [7, 11) is 0. The number of anilines is 1. The quantitative estimate of drug-likeness (QED) is 0.726. The van der Waals surface area contributed by atoms with Gasteiger partial charge in [0.05, 0.1) is 0 Å². The van der Waals surface area contributed by atoms with Crippen LogP contribution < -0.4 is 5.32 Å². The number of hydrogen-bond acceptors (Lipinski definition) is 1. The molecule has 1 aliphatic rings. The number of carbonyl (C=O) groups excluding carboxylic acids is 1. The Morgan fingerprint density at radius 2 is 1.54 bits per heavy atom. The summed E-state index contributed by atoms with van der Waals surface area (Å²) < 4.78 is 0. The molecule has 2 aromatic carbocycles. The van der Waals surface area contributed by atoms with Crippen LogP contribution in [0.5, 0.6) is 0 Å². The SMILES string of the molecule is CC1=C/C=C\C=C/C=C\C(C(=O)Nc2ccc3ccccc3c2)=C/C=C\1. The van der Waals surface area contributed by atoms with Crippen molar-refractivity contribution < 1.29 is 4.79 Å². The van der Waals surface area contributed by atoms with Gasteiger partial charge in [-0.3, -0.25) is 4.79 Å². The van der Waals surface area contributed by atoms with Crippen LogP contribution in [0.2, 0.25) is 0 Å². The van der Waals surface area contributed by atoms with Gasteiger partial charge < -0.3 is 5.32 Å². The van der Waals surface area contributed by atoms with Gasteiger partial charge in [-0.15, -0.1) is 0 Å². The van der Waals surface area contributed by atoms with Gasteiger partial charge in [0, 0.05) is 11.3 Å². The third kappa shape index (κ3) is 4.81. The van der Waals surface area contributed by atoms with Crippen molar-refractivity contribution >= 4 is 22.4 Å². The predicted octanol–water partition coefficient (Wildman–Crippen LogP) is 5.89. The minimum absolute atomic E-state index is 0.135. The van der Waals surface area contributed by atoms with Crippen LogP contribution in [0.15, 0.2) is 114 Å². The number of benzene rings is 2. The topological polar surface area (TPSA) is 29.1 Å². The Hall–Kier alpha value is -3.39. The van der Waals surface area contributed by atoms with E-state index in [0.29, 0.717) is 5.57 Å². The lowest BCUT2D eigenvalue weighted by Gasteiger charge is -2.07. The van der Waals surface area contributed by atoms with Crippen molar-refractivity contribution in [3.05, 3.63) is 114 Å². The van der Waals surface area contributed by atoms with Gasteiger partial charge in [0.1, 0.15) is 0 Å². The molecular weight excluding hydrogens is 318 g/mol. The first-order valence-electron chi connectivity index (χ1n) is 8.59. The molecule has 0 aliphatic heterocycles. The number of fused-ring (bicyclic) bond motifs is 1. The first-order chi connectivity index (χ1) is 12.7. The smallest absolute Gasteiger partial charge is 0.255 e. The van der Waals surface area contributed by atoms with Gasteiger partial charge in [0.2, 0.25) is 0 Å². The highest BCUT2D eigenvalue weighted by Crippen LogP contribution is 2.19. The molecule has 0 saturated carbocycles. The Morgan fingerprint density at radius 3 is 2.42 bits per heavy atom. The summed E-state index contributed by atoms with van der Waals surface area (Å²) in [6, 6.07) is 14.0. The average Bonchev–Trinajstić information content (AvgIpc) is 2.64. The van der Waals surface area contributed by atoms with Crippen LogP contribution in [-0.4, -0.2) is 5.91 Å². The summed E-state index contributed by atoms with van der Waals surface area (Å²) in [6.45, 7) is 2.02. The van der Waals surface area contributed by atoms with Crippen LogP contribution >= 0.6 is 0 Å². The van der Waals surface area contributed by atoms with Crippen LogP contribution in [0.3, 0.4) is 0 Å². The summed E-state index contributed by atoms with van der Waals surface area (Å²) >= 11 is 0. The van der Waals surface area contributed by atoms with Gasteiger partial charge in [0.25, 0.3) is 5.91 Å². The van der Waals surface area contributed by atoms with Crippen molar-refractivity contribution in [1.29, 1.82) is 0 Å². The van der Waals surface area contributed by atoms with Gasteiger partial charge in [0.15, 0.2) is 0 Å². The van der Waals surface area contributed by atoms with Crippen molar-refractivity contribution in [2.24, 2.45) is 0 Å². The Bertz CT molecular complexity index is 984. The number of carbonyl (C=O) groups is 1. The third-order valence-corrected chi connectivity index (χ3v) is 3.98. The number of amides is 1. The largest absolute Gasteiger partial charge is 0.322 e. The van der Waals surface area contributed by atoms with E-state index >= 15 is 0 Å². The average molecular weight is 339 g/mol. The van der Waals surface area contributed by atoms with Gasteiger partial charge in [-0.05, 0) is 42.0 Å². The second-order valence-corrected chi connectivity index (χ2v) is 6.04. The van der Waals surface area contributed by atoms with E-state index in [1.165, 1.54) is 0 Å². The van der Waals surface area contributed by atoms with E-state index < -0.39 is 0 Å². The van der Waals surface area contributed by atoms with E-state index in [-0.39, 0.29) is 5.91 Å². The first kappa shape index (κ1) is 17.4. The molecule has 0 spiro atoms. The van der Waals surface area contributed by atoms with E-state index in [4.69, 9.17) is 0 Å². The van der Waals surface area contributed by atoms with Crippen molar-refractivity contribution in [2.45, 2.75) is 6.92 Å². The van der Waals surface area contributed by atoms with Crippen LogP contribution in [-0.2, 0) is 4.79 Å². The number of nitrogens with one attached hydrogen (secondary N) is 1. The second kappa shape index (κ2) is 8.63. The van der Waals surface area contributed by atoms with Gasteiger partial charge >= 0.3 is 0 Å². The third-order valence-electron chi connectivity index (χ3n) is 3.98. The zero-order valence-corrected chi connectivity index (χ0v) is 14.7. The number of rotatable bonds is 2. The van der Waals surface area contributed by atoms with Crippen molar-refractivity contribution in [2.75, 3.05) is 5.32 Å². The van der Waals surface area contributed by atoms with E-state index in [1.807, 2.05) is 104 Å². The minimum Gasteiger partial charge on any atom is -0.322 e. The lowest BCUT2D eigenvalue weighted by Crippen LogP contribution is -2.13. The maximum absolute atomic E-state index is 12.7. The van der Waals surface area contributed by atoms with Crippen LogP contribution in [0.25, 0.3) is 10.8 Å². The van der Waals surface area contributed by atoms with Crippen LogP contribution in [0, 0.1) is 0 Å². The number of hydrogen-bond donors (Lipinski definition) is 1. The van der Waals surface area contributed by atoms with Crippen LogP contribution in [0.4, 0.5) is 5.69 Å². The zero-order chi connectivity index (χ0) is 18.2. The maximum atomic E-state index is 12.7. The van der Waals surface area contributed by atoms with E-state index in [9.17, 15) is 4.79 Å². The standard InChI is InChI=1S/C24H21NO/c1-19-10-5-3-2-4-6-13-21(15-9-11-19)24(26)25-23-17-16-20-12-7-8-14-22(20)18-23/h2-18H,1H3,(H,25,26)/b3-2?,4-2-,5-3-,6-4?,10-5?,11-9-,13-6-,15-9?,19-10-,19-11?,21-13?,21-15+. The summed E-state index contributed by atoms with van der Waals surface area (Å²) in [4.78, 5) is 12.7. The van der Waals surface area contributed by atoms with Crippen molar-refractivity contribution in [1.82, 2.24) is 0 Å². The second-order valence-electron chi connectivity index (χ2n) is 6.04. The summed E-state index contributed by atoms with van der Waals surface area (Å²) in [6.07, 6.45) is 19.2. The minimum atomic E-state index is -0.135. The highest BCUT2D eigenvalue weighted by Gasteiger charge is 2.06. The normalized spacial score (nSPS) is 23.3. The Balaban J connectivity index is 1.83. The fourth-order valence-corrected chi connectivity index (χ4v) is 2.60. The molecule has 2 nitrogen and oxygen atoms in total. The highest BCUT2D eigenvalue weighted by molar-refractivity contribution is 6.06. The molecule has 0 aromatic heterocycles. The molecule has 0 atom stereocenters. The van der Waals surface area contributed by atoms with E-state index in [1.54, 1.807) is 0 Å². The molecule has 0 unspecified atom stereocenters. The lowest BCUT2D eigenvalue weighted by atomic mass is 10.1. The van der Waals surface area contributed by atoms with Gasteiger partial charge in [-0.25, -0.2) is 0 Å². The van der Waals surface area contributed by atoms with Crippen LogP contribution in [0.1, 0.15) is 6.92 Å². The molecule has 0 heterocycles. The summed E-state index contributed by atoms with van der Waals surface area (Å²) in [5, 5.41) is 5.23. The molecule has 2 heteroatoms. The van der Waals surface area contributed by atoms with Crippen molar-refractivity contribution in [3.63, 3.8) is 0 Å². The Morgan fingerprint density at radius 1 is 0.769 bits per heavy atom. The molecule has 0 bridgehead atoms. The molecule has 26 heavy (non-hydrogen) atoms. The van der Waals surface area contributed by atoms with Gasteiger partial charge in [-0.2, -0.15) is 0 Å². The van der Waals surface area contributed by atoms with Gasteiger partial charge in [-0.1, -0.05) is 84.5 Å². The first-order valence-corrected chi connectivity index (χ1v) is 8.59. The number of allylic oxidation sites excluding steroid dienone is 10. The molecule has 1 aliphatic carbocycles. The fourth-order valence-electron chi connectivity index (χ4n) is 2.60. The Labute approximate surface area is 154 Å². The fraction of sp³-hybridized carbons (Fsp3) is 0.0417. The molecule has 1 amide bonds. The van der Waals surface area contributed by atoms with Crippen molar-refractivity contribution in [3.8, 4) is 0 Å². The molecule has 3 rings (SSSR count). The molecule has 128 valence electrons. The molecule has 0 fully saturated rings. The highest BCUT2D eigenvalue weighted by atomic mass is 16.1. The maximum Gasteiger partial charge on any atom is 0.255 e. The molecule has 2 aromatic rings. The Kier molecular flexibility index (Phi) is 5.79. The monoisotopic (exact) mass is 339 g/mol. The summed E-state index contributed by atoms with van der Waals surface area (Å²) in [5.41, 5.74) is 2.49. The predicted molar refractivity (Wildman–Crippen MR) is 111 cm³/mol.